The van der Waals surface area contributed by atoms with E-state index in [-0.39, 0.29) is 29.0 Å². The van der Waals surface area contributed by atoms with Crippen LogP contribution in [0.4, 0.5) is 0 Å². The SMILES string of the molecule is CCCCn1nc(C(=O)N2CCC(C(N)=O)C2)c2ccccc2c1=O. The van der Waals surface area contributed by atoms with E-state index in [0.717, 1.165) is 12.8 Å². The van der Waals surface area contributed by atoms with Crippen molar-refractivity contribution in [2.24, 2.45) is 11.7 Å². The van der Waals surface area contributed by atoms with Gasteiger partial charge in [0.15, 0.2) is 5.69 Å². The highest BCUT2D eigenvalue weighted by atomic mass is 16.2. The largest absolute Gasteiger partial charge is 0.369 e. The third-order valence-electron chi connectivity index (χ3n) is 4.67. The van der Waals surface area contributed by atoms with E-state index in [9.17, 15) is 14.4 Å². The molecule has 1 aliphatic rings. The lowest BCUT2D eigenvalue weighted by molar-refractivity contribution is -0.121. The first-order valence-electron chi connectivity index (χ1n) is 8.61. The second-order valence-electron chi connectivity index (χ2n) is 6.42. The molecule has 1 aromatic heterocycles. The Bertz CT molecular complexity index is 874. The molecule has 0 saturated carbocycles. The molecule has 2 amide bonds. The fourth-order valence-corrected chi connectivity index (χ4v) is 3.18. The van der Waals surface area contributed by atoms with E-state index >= 15 is 0 Å². The van der Waals surface area contributed by atoms with E-state index < -0.39 is 0 Å². The van der Waals surface area contributed by atoms with Gasteiger partial charge >= 0.3 is 0 Å². The molecule has 7 nitrogen and oxygen atoms in total. The molecule has 1 fully saturated rings. The van der Waals surface area contributed by atoms with Gasteiger partial charge in [-0.25, -0.2) is 4.68 Å². The number of amides is 2. The zero-order chi connectivity index (χ0) is 18.0. The lowest BCUT2D eigenvalue weighted by atomic mass is 10.1. The summed E-state index contributed by atoms with van der Waals surface area (Å²) in [5.41, 5.74) is 5.43. The van der Waals surface area contributed by atoms with Crippen LogP contribution in [0.3, 0.4) is 0 Å². The average Bonchev–Trinajstić information content (AvgIpc) is 3.11. The normalized spacial score (nSPS) is 17.2. The van der Waals surface area contributed by atoms with Gasteiger partial charge < -0.3 is 10.6 Å². The van der Waals surface area contributed by atoms with Crippen molar-refractivity contribution in [2.75, 3.05) is 13.1 Å². The van der Waals surface area contributed by atoms with Crippen molar-refractivity contribution < 1.29 is 9.59 Å². The van der Waals surface area contributed by atoms with Crippen molar-refractivity contribution in [3.63, 3.8) is 0 Å². The number of hydrogen-bond acceptors (Lipinski definition) is 4. The van der Waals surface area contributed by atoms with Gasteiger partial charge in [-0.2, -0.15) is 5.10 Å². The smallest absolute Gasteiger partial charge is 0.274 e. The minimum atomic E-state index is -0.388. The van der Waals surface area contributed by atoms with Crippen molar-refractivity contribution in [1.82, 2.24) is 14.7 Å². The Labute approximate surface area is 145 Å². The fourth-order valence-electron chi connectivity index (χ4n) is 3.18. The molecule has 25 heavy (non-hydrogen) atoms. The van der Waals surface area contributed by atoms with E-state index in [1.54, 1.807) is 29.2 Å². The molecule has 1 saturated heterocycles. The van der Waals surface area contributed by atoms with Crippen LogP contribution in [0.1, 0.15) is 36.7 Å². The van der Waals surface area contributed by atoms with Crippen LogP contribution in [0.2, 0.25) is 0 Å². The third kappa shape index (κ3) is 3.26. The number of nitrogens with two attached hydrogens (primary N) is 1. The van der Waals surface area contributed by atoms with Crippen molar-refractivity contribution in [3.05, 3.63) is 40.3 Å². The first-order chi connectivity index (χ1) is 12.0. The molecular formula is C18H22N4O3. The maximum Gasteiger partial charge on any atom is 0.274 e. The Morgan fingerprint density at radius 2 is 2.00 bits per heavy atom. The molecule has 0 spiro atoms. The molecule has 7 heteroatoms. The van der Waals surface area contributed by atoms with Crippen LogP contribution >= 0.6 is 0 Å². The third-order valence-corrected chi connectivity index (χ3v) is 4.67. The van der Waals surface area contributed by atoms with Gasteiger partial charge in [0.1, 0.15) is 0 Å². The Balaban J connectivity index is 2.03. The van der Waals surface area contributed by atoms with Gasteiger partial charge in [0, 0.05) is 25.0 Å². The lowest BCUT2D eigenvalue weighted by Gasteiger charge is -2.17. The maximum atomic E-state index is 13.0. The number of carbonyl (C=O) groups is 2. The Hall–Kier alpha value is -2.70. The highest BCUT2D eigenvalue weighted by Gasteiger charge is 2.32. The van der Waals surface area contributed by atoms with E-state index in [4.69, 9.17) is 5.73 Å². The predicted octanol–water partition coefficient (Wildman–Crippen LogP) is 1.14. The zero-order valence-electron chi connectivity index (χ0n) is 14.3. The molecule has 2 N–H and O–H groups in total. The number of nitrogens with zero attached hydrogens (tertiary/aromatic N) is 3. The number of unbranched alkanes of at least 4 members (excludes halogenated alkanes) is 1. The quantitative estimate of drug-likeness (QED) is 0.881. The summed E-state index contributed by atoms with van der Waals surface area (Å²) in [6.07, 6.45) is 2.30. The van der Waals surface area contributed by atoms with E-state index in [0.29, 0.717) is 36.8 Å². The summed E-state index contributed by atoms with van der Waals surface area (Å²) in [4.78, 5) is 38.5. The van der Waals surface area contributed by atoms with Crippen LogP contribution < -0.4 is 11.3 Å². The highest BCUT2D eigenvalue weighted by Crippen LogP contribution is 2.21. The Morgan fingerprint density at radius 1 is 1.28 bits per heavy atom. The first-order valence-corrected chi connectivity index (χ1v) is 8.61. The maximum absolute atomic E-state index is 13.0. The second-order valence-corrected chi connectivity index (χ2v) is 6.42. The Morgan fingerprint density at radius 3 is 2.64 bits per heavy atom. The molecule has 0 bridgehead atoms. The molecule has 3 rings (SSSR count). The monoisotopic (exact) mass is 342 g/mol. The molecule has 0 aliphatic carbocycles. The van der Waals surface area contributed by atoms with Crippen molar-refractivity contribution in [2.45, 2.75) is 32.7 Å². The number of benzene rings is 1. The van der Waals surface area contributed by atoms with Gasteiger partial charge in [-0.15, -0.1) is 0 Å². The van der Waals surface area contributed by atoms with Gasteiger partial charge in [0.05, 0.1) is 11.3 Å². The second kappa shape index (κ2) is 7.04. The summed E-state index contributed by atoms with van der Waals surface area (Å²) < 4.78 is 1.38. The minimum absolute atomic E-state index is 0.183. The number of carbonyl (C=O) groups excluding carboxylic acids is 2. The first kappa shape index (κ1) is 17.1. The predicted molar refractivity (Wildman–Crippen MR) is 94.1 cm³/mol. The summed E-state index contributed by atoms with van der Waals surface area (Å²) in [7, 11) is 0. The number of primary amides is 1. The number of hydrogen-bond donors (Lipinski definition) is 1. The van der Waals surface area contributed by atoms with E-state index in [2.05, 4.69) is 5.10 Å². The Kier molecular flexibility index (Phi) is 4.83. The molecule has 1 atom stereocenters. The summed E-state index contributed by atoms with van der Waals surface area (Å²) in [6, 6.07) is 7.02. The summed E-state index contributed by atoms with van der Waals surface area (Å²) in [5.74, 6) is -0.965. The van der Waals surface area contributed by atoms with Crippen molar-refractivity contribution in [1.29, 1.82) is 0 Å². The molecule has 1 unspecified atom stereocenters. The molecule has 2 aromatic rings. The number of rotatable bonds is 5. The lowest BCUT2D eigenvalue weighted by Crippen LogP contribution is -2.34. The molecular weight excluding hydrogens is 320 g/mol. The minimum Gasteiger partial charge on any atom is -0.369 e. The number of aryl methyl sites for hydroxylation is 1. The molecule has 1 aromatic carbocycles. The molecule has 0 radical (unpaired) electrons. The average molecular weight is 342 g/mol. The highest BCUT2D eigenvalue weighted by molar-refractivity contribution is 6.05. The standard InChI is InChI=1S/C18H22N4O3/c1-2-3-9-22-17(24)14-7-5-4-6-13(14)15(20-22)18(25)21-10-8-12(11-21)16(19)23/h4-7,12H,2-3,8-11H2,1H3,(H2,19,23). The van der Waals surface area contributed by atoms with Crippen LogP contribution in [-0.2, 0) is 11.3 Å². The summed E-state index contributed by atoms with van der Waals surface area (Å²) in [6.45, 7) is 3.28. The van der Waals surface area contributed by atoms with Crippen LogP contribution in [0.15, 0.2) is 29.1 Å². The fraction of sp³-hybridized carbons (Fsp3) is 0.444. The van der Waals surface area contributed by atoms with Crippen LogP contribution in [0.25, 0.3) is 10.8 Å². The van der Waals surface area contributed by atoms with Crippen molar-refractivity contribution >= 4 is 22.6 Å². The van der Waals surface area contributed by atoms with Gasteiger partial charge in [-0.1, -0.05) is 31.5 Å². The van der Waals surface area contributed by atoms with Gasteiger partial charge in [0.25, 0.3) is 11.5 Å². The summed E-state index contributed by atoms with van der Waals surface area (Å²) >= 11 is 0. The summed E-state index contributed by atoms with van der Waals surface area (Å²) in [5, 5.41) is 5.39. The zero-order valence-corrected chi connectivity index (χ0v) is 14.3. The van der Waals surface area contributed by atoms with E-state index in [1.165, 1.54) is 4.68 Å². The van der Waals surface area contributed by atoms with Crippen LogP contribution in [0.5, 0.6) is 0 Å². The van der Waals surface area contributed by atoms with Gasteiger partial charge in [-0.05, 0) is 18.9 Å². The number of fused-ring (bicyclic) bond motifs is 1. The number of aromatic nitrogens is 2. The molecule has 1 aliphatic heterocycles. The van der Waals surface area contributed by atoms with E-state index in [1.807, 2.05) is 6.92 Å². The molecule has 2 heterocycles. The number of likely N-dealkylation sites (tertiary alicyclic amines) is 1. The topological polar surface area (TPSA) is 98.3 Å². The van der Waals surface area contributed by atoms with Crippen molar-refractivity contribution in [3.8, 4) is 0 Å². The molecule has 132 valence electrons. The van der Waals surface area contributed by atoms with Gasteiger partial charge in [0.2, 0.25) is 5.91 Å². The van der Waals surface area contributed by atoms with Crippen LogP contribution in [0, 0.1) is 5.92 Å². The van der Waals surface area contributed by atoms with Crippen LogP contribution in [-0.4, -0.2) is 39.6 Å². The van der Waals surface area contributed by atoms with Gasteiger partial charge in [-0.3, -0.25) is 14.4 Å².